The first-order valence-corrected chi connectivity index (χ1v) is 8.97. The fraction of sp³-hybridized carbons (Fsp3) is 0.190. The van der Waals surface area contributed by atoms with Gasteiger partial charge in [-0.2, -0.15) is 0 Å². The van der Waals surface area contributed by atoms with Crippen molar-refractivity contribution in [2.75, 3.05) is 11.9 Å². The second-order valence-corrected chi connectivity index (χ2v) is 7.11. The number of nitrogens with one attached hydrogen (secondary N) is 2. The summed E-state index contributed by atoms with van der Waals surface area (Å²) in [6.07, 6.45) is 0. The number of nitrogens with zero attached hydrogens (tertiary/aromatic N) is 1. The smallest absolute Gasteiger partial charge is 0.325 e. The lowest BCUT2D eigenvalue weighted by atomic mass is 9.99. The van der Waals surface area contributed by atoms with Crippen LogP contribution in [-0.4, -0.2) is 29.3 Å². The Morgan fingerprint density at radius 2 is 1.97 bits per heavy atom. The molecule has 1 aromatic heterocycles. The van der Waals surface area contributed by atoms with Gasteiger partial charge in [0.05, 0.1) is 0 Å². The fourth-order valence-electron chi connectivity index (χ4n) is 3.25. The van der Waals surface area contributed by atoms with E-state index in [0.29, 0.717) is 11.1 Å². The number of furan rings is 1. The third kappa shape index (κ3) is 3.22. The molecule has 7 nitrogen and oxygen atoms in total. The zero-order valence-electron chi connectivity index (χ0n) is 15.8. The van der Waals surface area contributed by atoms with Gasteiger partial charge in [0, 0.05) is 11.1 Å². The van der Waals surface area contributed by atoms with Crippen molar-refractivity contribution in [3.8, 4) is 0 Å². The Balaban J connectivity index is 1.53. The molecule has 1 atom stereocenters. The van der Waals surface area contributed by atoms with Gasteiger partial charge in [0.1, 0.15) is 23.7 Å². The summed E-state index contributed by atoms with van der Waals surface area (Å²) in [5.74, 6) is -1.41. The standard InChI is InChI=1S/C21H18FN3O4/c1-12-7-8-14(10-15(12)22)23-18(26)11-25-19(27)21(2,24-20(25)28)17-9-13-5-3-4-6-16(13)29-17/h3-10H,11H2,1-2H3,(H,23,26)(H,24,28). The highest BCUT2D eigenvalue weighted by molar-refractivity contribution is 6.10. The van der Waals surface area contributed by atoms with Crippen molar-refractivity contribution in [2.45, 2.75) is 19.4 Å². The number of amides is 4. The number of halogens is 1. The molecule has 0 aliphatic carbocycles. The first-order valence-electron chi connectivity index (χ1n) is 8.97. The number of fused-ring (bicyclic) bond motifs is 1. The van der Waals surface area contributed by atoms with Gasteiger partial charge in [0.2, 0.25) is 5.91 Å². The Bertz CT molecular complexity index is 1120. The lowest BCUT2D eigenvalue weighted by molar-refractivity contribution is -0.134. The molecule has 3 aromatic rings. The van der Waals surface area contributed by atoms with Crippen LogP contribution in [0.15, 0.2) is 52.9 Å². The van der Waals surface area contributed by atoms with Gasteiger partial charge in [0.25, 0.3) is 5.91 Å². The number of aryl methyl sites for hydroxylation is 1. The molecule has 2 aromatic carbocycles. The number of urea groups is 1. The van der Waals surface area contributed by atoms with E-state index in [1.54, 1.807) is 31.2 Å². The molecule has 1 unspecified atom stereocenters. The molecule has 2 heterocycles. The highest BCUT2D eigenvalue weighted by Gasteiger charge is 2.51. The molecule has 148 valence electrons. The van der Waals surface area contributed by atoms with Gasteiger partial charge < -0.3 is 15.1 Å². The van der Waals surface area contributed by atoms with E-state index in [4.69, 9.17) is 4.42 Å². The Kier molecular flexibility index (Phi) is 4.34. The van der Waals surface area contributed by atoms with Crippen LogP contribution in [0.4, 0.5) is 14.9 Å². The minimum Gasteiger partial charge on any atom is -0.458 e. The number of imide groups is 1. The van der Waals surface area contributed by atoms with E-state index < -0.39 is 35.7 Å². The predicted octanol–water partition coefficient (Wildman–Crippen LogP) is 3.29. The quantitative estimate of drug-likeness (QED) is 0.663. The van der Waals surface area contributed by atoms with E-state index in [-0.39, 0.29) is 11.4 Å². The maximum absolute atomic E-state index is 13.6. The molecule has 1 aliphatic rings. The molecule has 0 radical (unpaired) electrons. The number of rotatable bonds is 4. The third-order valence-electron chi connectivity index (χ3n) is 4.95. The minimum absolute atomic E-state index is 0.241. The van der Waals surface area contributed by atoms with E-state index in [0.717, 1.165) is 10.3 Å². The van der Waals surface area contributed by atoms with Crippen molar-refractivity contribution >= 4 is 34.5 Å². The summed E-state index contributed by atoms with van der Waals surface area (Å²) in [7, 11) is 0. The van der Waals surface area contributed by atoms with Crippen molar-refractivity contribution < 1.29 is 23.2 Å². The molecule has 4 amide bonds. The number of carbonyl (C=O) groups is 3. The average Bonchev–Trinajstić information content (AvgIpc) is 3.21. The number of anilines is 1. The van der Waals surface area contributed by atoms with Gasteiger partial charge in [-0.25, -0.2) is 9.18 Å². The molecular weight excluding hydrogens is 377 g/mol. The molecule has 0 bridgehead atoms. The van der Waals surface area contributed by atoms with Crippen LogP contribution in [0.25, 0.3) is 11.0 Å². The molecule has 29 heavy (non-hydrogen) atoms. The van der Waals surface area contributed by atoms with Crippen LogP contribution < -0.4 is 10.6 Å². The van der Waals surface area contributed by atoms with Gasteiger partial charge in [-0.3, -0.25) is 14.5 Å². The van der Waals surface area contributed by atoms with Crippen LogP contribution in [-0.2, 0) is 15.1 Å². The number of hydrogen-bond donors (Lipinski definition) is 2. The van der Waals surface area contributed by atoms with Crippen molar-refractivity contribution in [1.29, 1.82) is 0 Å². The summed E-state index contributed by atoms with van der Waals surface area (Å²) in [6, 6.07) is 12.5. The van der Waals surface area contributed by atoms with Crippen LogP contribution in [0.3, 0.4) is 0 Å². The lowest BCUT2D eigenvalue weighted by Crippen LogP contribution is -2.41. The lowest BCUT2D eigenvalue weighted by Gasteiger charge is -2.19. The second kappa shape index (κ2) is 6.73. The Morgan fingerprint density at radius 1 is 1.21 bits per heavy atom. The summed E-state index contributed by atoms with van der Waals surface area (Å²) >= 11 is 0. The molecule has 1 saturated heterocycles. The molecular formula is C21H18FN3O4. The molecule has 4 rings (SSSR count). The third-order valence-corrected chi connectivity index (χ3v) is 4.95. The topological polar surface area (TPSA) is 91.7 Å². The molecule has 1 aliphatic heterocycles. The zero-order valence-corrected chi connectivity index (χ0v) is 15.8. The zero-order chi connectivity index (χ0) is 20.8. The Hall–Kier alpha value is -3.68. The molecule has 0 saturated carbocycles. The number of hydrogen-bond acceptors (Lipinski definition) is 4. The maximum Gasteiger partial charge on any atom is 0.325 e. The van der Waals surface area contributed by atoms with Crippen molar-refractivity contribution in [3.05, 3.63) is 65.7 Å². The Labute approximate surface area is 165 Å². The average molecular weight is 395 g/mol. The van der Waals surface area contributed by atoms with Crippen LogP contribution in [0.2, 0.25) is 0 Å². The summed E-state index contributed by atoms with van der Waals surface area (Å²) < 4.78 is 19.4. The summed E-state index contributed by atoms with van der Waals surface area (Å²) in [4.78, 5) is 38.5. The number of benzene rings is 2. The van der Waals surface area contributed by atoms with E-state index >= 15 is 0 Å². The van der Waals surface area contributed by atoms with Crippen molar-refractivity contribution in [1.82, 2.24) is 10.2 Å². The van der Waals surface area contributed by atoms with E-state index in [1.807, 2.05) is 12.1 Å². The summed E-state index contributed by atoms with van der Waals surface area (Å²) in [5.41, 5.74) is -0.154. The number of para-hydroxylation sites is 1. The van der Waals surface area contributed by atoms with Crippen LogP contribution in [0, 0.1) is 12.7 Å². The first-order chi connectivity index (χ1) is 13.8. The van der Waals surface area contributed by atoms with E-state index in [1.165, 1.54) is 19.1 Å². The number of carbonyl (C=O) groups excluding carboxylic acids is 3. The minimum atomic E-state index is -1.42. The molecule has 1 fully saturated rings. The normalized spacial score (nSPS) is 18.9. The van der Waals surface area contributed by atoms with Crippen LogP contribution in [0.1, 0.15) is 18.2 Å². The van der Waals surface area contributed by atoms with Gasteiger partial charge in [0.15, 0.2) is 5.54 Å². The van der Waals surface area contributed by atoms with Crippen LogP contribution in [0.5, 0.6) is 0 Å². The van der Waals surface area contributed by atoms with E-state index in [9.17, 15) is 18.8 Å². The van der Waals surface area contributed by atoms with Crippen molar-refractivity contribution in [2.24, 2.45) is 0 Å². The predicted molar refractivity (Wildman–Crippen MR) is 104 cm³/mol. The molecule has 0 spiro atoms. The van der Waals surface area contributed by atoms with Gasteiger partial charge in [-0.15, -0.1) is 0 Å². The van der Waals surface area contributed by atoms with Crippen molar-refractivity contribution in [3.63, 3.8) is 0 Å². The monoisotopic (exact) mass is 395 g/mol. The summed E-state index contributed by atoms with van der Waals surface area (Å²) in [5, 5.41) is 5.88. The van der Waals surface area contributed by atoms with Gasteiger partial charge in [-0.1, -0.05) is 24.3 Å². The fourth-order valence-corrected chi connectivity index (χ4v) is 3.25. The van der Waals surface area contributed by atoms with Gasteiger partial charge in [-0.05, 0) is 43.7 Å². The SMILES string of the molecule is Cc1ccc(NC(=O)CN2C(=O)NC(C)(c3cc4ccccc4o3)C2=O)cc1F. The highest BCUT2D eigenvalue weighted by atomic mass is 19.1. The van der Waals surface area contributed by atoms with E-state index in [2.05, 4.69) is 10.6 Å². The Morgan fingerprint density at radius 3 is 2.69 bits per heavy atom. The molecule has 8 heteroatoms. The largest absolute Gasteiger partial charge is 0.458 e. The van der Waals surface area contributed by atoms with Crippen LogP contribution >= 0.6 is 0 Å². The second-order valence-electron chi connectivity index (χ2n) is 7.11. The maximum atomic E-state index is 13.6. The summed E-state index contributed by atoms with van der Waals surface area (Å²) in [6.45, 7) is 2.63. The van der Waals surface area contributed by atoms with Gasteiger partial charge >= 0.3 is 6.03 Å². The first kappa shape index (κ1) is 18.7. The molecule has 2 N–H and O–H groups in total. The highest BCUT2D eigenvalue weighted by Crippen LogP contribution is 2.33.